The van der Waals surface area contributed by atoms with E-state index in [1.54, 1.807) is 24.3 Å². The molecule has 0 saturated carbocycles. The predicted molar refractivity (Wildman–Crippen MR) is 202 cm³/mol. The SMILES string of the molecule is CCCCCCCCCC=CC=CC=CC=CC=CC(=O)N(CCN)C(=O)C=CC=CC=CC=CC=CCCCCCCCCC. The van der Waals surface area contributed by atoms with Crippen LogP contribution in [-0.4, -0.2) is 29.8 Å². The second-order valence-electron chi connectivity index (χ2n) is 11.3. The van der Waals surface area contributed by atoms with Crippen LogP contribution in [0.4, 0.5) is 0 Å². The first-order valence-electron chi connectivity index (χ1n) is 17.9. The van der Waals surface area contributed by atoms with E-state index < -0.39 is 11.8 Å². The largest absolute Gasteiger partial charge is 0.329 e. The molecule has 0 spiro atoms. The van der Waals surface area contributed by atoms with Gasteiger partial charge < -0.3 is 5.73 Å². The van der Waals surface area contributed by atoms with Crippen molar-refractivity contribution in [2.45, 2.75) is 117 Å². The number of allylic oxidation sites excluding steroid dienone is 18. The molecule has 0 bridgehead atoms. The maximum atomic E-state index is 12.5. The summed E-state index contributed by atoms with van der Waals surface area (Å²) >= 11 is 0. The summed E-state index contributed by atoms with van der Waals surface area (Å²) in [6, 6.07) is 0. The van der Waals surface area contributed by atoms with Crippen molar-refractivity contribution in [2.24, 2.45) is 5.73 Å². The maximum Gasteiger partial charge on any atom is 0.253 e. The topological polar surface area (TPSA) is 63.4 Å². The van der Waals surface area contributed by atoms with E-state index in [4.69, 9.17) is 5.73 Å². The Hall–Kier alpha value is -3.50. The van der Waals surface area contributed by atoms with Gasteiger partial charge in [-0.25, -0.2) is 0 Å². The van der Waals surface area contributed by atoms with Gasteiger partial charge in [0.2, 0.25) is 0 Å². The lowest BCUT2D eigenvalue weighted by Crippen LogP contribution is -2.38. The second kappa shape index (κ2) is 36.0. The van der Waals surface area contributed by atoms with Gasteiger partial charge in [-0.2, -0.15) is 0 Å². The van der Waals surface area contributed by atoms with Crippen LogP contribution in [0.15, 0.2) is 122 Å². The average Bonchev–Trinajstić information content (AvgIpc) is 3.06. The van der Waals surface area contributed by atoms with Gasteiger partial charge in [0.05, 0.1) is 0 Å². The van der Waals surface area contributed by atoms with Crippen molar-refractivity contribution < 1.29 is 9.59 Å². The smallest absolute Gasteiger partial charge is 0.253 e. The number of rotatable bonds is 28. The fourth-order valence-electron chi connectivity index (χ4n) is 4.47. The Morgan fingerprint density at radius 2 is 0.739 bits per heavy atom. The molecule has 0 saturated heterocycles. The number of nitrogens with two attached hydrogens (primary N) is 1. The highest BCUT2D eigenvalue weighted by atomic mass is 16.2. The Labute approximate surface area is 282 Å². The van der Waals surface area contributed by atoms with E-state index in [-0.39, 0.29) is 13.1 Å². The van der Waals surface area contributed by atoms with Gasteiger partial charge in [-0.05, 0) is 25.7 Å². The van der Waals surface area contributed by atoms with Gasteiger partial charge in [0.1, 0.15) is 0 Å². The lowest BCUT2D eigenvalue weighted by Gasteiger charge is -2.16. The number of hydrogen-bond donors (Lipinski definition) is 1. The van der Waals surface area contributed by atoms with Crippen LogP contribution in [0.3, 0.4) is 0 Å². The van der Waals surface area contributed by atoms with Crippen LogP contribution in [-0.2, 0) is 9.59 Å². The van der Waals surface area contributed by atoms with Crippen molar-refractivity contribution in [2.75, 3.05) is 13.1 Å². The molecule has 4 nitrogen and oxygen atoms in total. The molecule has 0 aliphatic carbocycles. The van der Waals surface area contributed by atoms with Crippen LogP contribution < -0.4 is 5.73 Å². The van der Waals surface area contributed by atoms with Crippen molar-refractivity contribution in [1.82, 2.24) is 4.90 Å². The van der Waals surface area contributed by atoms with Crippen LogP contribution in [0.2, 0.25) is 0 Å². The summed E-state index contributed by atoms with van der Waals surface area (Å²) in [6.07, 6.45) is 58.4. The molecule has 2 N–H and O–H groups in total. The molecule has 0 aromatic carbocycles. The molecule has 0 radical (unpaired) electrons. The van der Waals surface area contributed by atoms with Gasteiger partial charge in [0, 0.05) is 25.2 Å². The van der Waals surface area contributed by atoms with E-state index in [1.807, 2.05) is 60.8 Å². The predicted octanol–water partition coefficient (Wildman–Crippen LogP) is 11.1. The molecule has 0 aliphatic rings. The summed E-state index contributed by atoms with van der Waals surface area (Å²) in [4.78, 5) is 26.2. The standard InChI is InChI=1S/C42H64N2O2/c1-3-5-7-9-11-13-15-17-19-21-23-25-27-29-31-33-35-37-41(45)44(40-39-43)42(46)38-36-34-32-30-28-26-24-22-20-18-16-14-12-10-8-6-4-2/h19-38H,3-18,39-40,43H2,1-2H3. The van der Waals surface area contributed by atoms with Crippen LogP contribution in [0.25, 0.3) is 0 Å². The van der Waals surface area contributed by atoms with Gasteiger partial charge in [-0.3, -0.25) is 14.5 Å². The minimum Gasteiger partial charge on any atom is -0.329 e. The molecular formula is C42H64N2O2. The molecule has 0 aromatic heterocycles. The zero-order valence-corrected chi connectivity index (χ0v) is 29.1. The number of carbonyl (C=O) groups excluding carboxylic acids is 2. The van der Waals surface area contributed by atoms with Crippen molar-refractivity contribution >= 4 is 11.8 Å². The van der Waals surface area contributed by atoms with Crippen molar-refractivity contribution in [1.29, 1.82) is 0 Å². The molecular weight excluding hydrogens is 564 g/mol. The van der Waals surface area contributed by atoms with Crippen LogP contribution in [0.1, 0.15) is 117 Å². The van der Waals surface area contributed by atoms with E-state index >= 15 is 0 Å². The first-order chi connectivity index (χ1) is 22.7. The average molecular weight is 629 g/mol. The Balaban J connectivity index is 4.30. The lowest BCUT2D eigenvalue weighted by atomic mass is 10.1. The van der Waals surface area contributed by atoms with Crippen LogP contribution >= 0.6 is 0 Å². The summed E-state index contributed by atoms with van der Waals surface area (Å²) in [5, 5.41) is 0. The minimum absolute atomic E-state index is 0.161. The number of nitrogens with zero attached hydrogens (tertiary/aromatic N) is 1. The molecule has 2 amide bonds. The lowest BCUT2D eigenvalue weighted by molar-refractivity contribution is -0.138. The number of amides is 2. The fourth-order valence-corrected chi connectivity index (χ4v) is 4.47. The third-order valence-electron chi connectivity index (χ3n) is 7.14. The second-order valence-corrected chi connectivity index (χ2v) is 11.3. The first kappa shape index (κ1) is 42.5. The summed E-state index contributed by atoms with van der Waals surface area (Å²) in [6.45, 7) is 4.87. The molecule has 254 valence electrons. The van der Waals surface area contributed by atoms with Crippen molar-refractivity contribution in [3.05, 3.63) is 122 Å². The highest BCUT2D eigenvalue weighted by molar-refractivity contribution is 6.05. The molecule has 0 atom stereocenters. The number of carbonyl (C=O) groups is 2. The number of imide groups is 1. The van der Waals surface area contributed by atoms with E-state index in [1.165, 1.54) is 102 Å². The molecule has 0 unspecified atom stereocenters. The van der Waals surface area contributed by atoms with Crippen molar-refractivity contribution in [3.8, 4) is 0 Å². The van der Waals surface area contributed by atoms with Crippen molar-refractivity contribution in [3.63, 3.8) is 0 Å². The quantitative estimate of drug-likeness (QED) is 0.0532. The number of hydrogen-bond acceptors (Lipinski definition) is 3. The molecule has 0 aromatic rings. The fraction of sp³-hybridized carbons (Fsp3) is 0.476. The van der Waals surface area contributed by atoms with E-state index in [2.05, 4.69) is 38.2 Å². The Bertz CT molecular complexity index is 954. The zero-order chi connectivity index (χ0) is 33.6. The minimum atomic E-state index is -0.395. The molecule has 4 heteroatoms. The van der Waals surface area contributed by atoms with Crippen LogP contribution in [0.5, 0.6) is 0 Å². The Morgan fingerprint density at radius 1 is 0.435 bits per heavy atom. The molecule has 0 fully saturated rings. The van der Waals surface area contributed by atoms with E-state index in [0.717, 1.165) is 17.7 Å². The molecule has 46 heavy (non-hydrogen) atoms. The summed E-state index contributed by atoms with van der Waals surface area (Å²) in [5.74, 6) is -0.789. The van der Waals surface area contributed by atoms with Gasteiger partial charge in [0.25, 0.3) is 11.8 Å². The van der Waals surface area contributed by atoms with Gasteiger partial charge >= 0.3 is 0 Å². The van der Waals surface area contributed by atoms with Crippen LogP contribution in [0, 0.1) is 0 Å². The van der Waals surface area contributed by atoms with Gasteiger partial charge in [-0.1, -0.05) is 200 Å². The summed E-state index contributed by atoms with van der Waals surface area (Å²) in [7, 11) is 0. The Morgan fingerprint density at radius 3 is 1.09 bits per heavy atom. The monoisotopic (exact) mass is 628 g/mol. The van der Waals surface area contributed by atoms with Gasteiger partial charge in [0.15, 0.2) is 0 Å². The summed E-state index contributed by atoms with van der Waals surface area (Å²) < 4.78 is 0. The van der Waals surface area contributed by atoms with E-state index in [0.29, 0.717) is 0 Å². The molecule has 0 aliphatic heterocycles. The van der Waals surface area contributed by atoms with E-state index in [9.17, 15) is 9.59 Å². The third-order valence-corrected chi connectivity index (χ3v) is 7.14. The highest BCUT2D eigenvalue weighted by Crippen LogP contribution is 2.09. The molecule has 0 rings (SSSR count). The first-order valence-corrected chi connectivity index (χ1v) is 17.9. The normalized spacial score (nSPS) is 13.1. The zero-order valence-electron chi connectivity index (χ0n) is 29.1. The Kier molecular flexibility index (Phi) is 33.2. The number of unbranched alkanes of at least 4 members (excludes halogenated alkanes) is 14. The molecule has 0 heterocycles. The van der Waals surface area contributed by atoms with Gasteiger partial charge in [-0.15, -0.1) is 0 Å². The maximum absolute atomic E-state index is 12.5. The third kappa shape index (κ3) is 30.5. The highest BCUT2D eigenvalue weighted by Gasteiger charge is 2.15. The summed E-state index contributed by atoms with van der Waals surface area (Å²) in [5.41, 5.74) is 5.63.